The second-order valence-corrected chi connectivity index (χ2v) is 7.66. The van der Waals surface area contributed by atoms with Crippen molar-refractivity contribution >= 4 is 40.0 Å². The quantitative estimate of drug-likeness (QED) is 0.178. The number of hydrogen-bond acceptors (Lipinski definition) is 5. The van der Waals surface area contributed by atoms with Crippen LogP contribution in [0.25, 0.3) is 0 Å². The predicted octanol–water partition coefficient (Wildman–Crippen LogP) is 1.24. The standard InChI is InChI=1S/C17H30N4O4S.HI/c1-14-6-7-15(16(12-14)25-11-10-24-3)13-20-17(18-2)19-8-5-9-21-26(4,22)23;/h6-7,12,21H,5,8-11,13H2,1-4H3,(H2,18,19,20);1H. The monoisotopic (exact) mass is 514 g/mol. The molecular formula is C17H31IN4O4S. The van der Waals surface area contributed by atoms with Crippen LogP contribution in [0.15, 0.2) is 23.2 Å². The molecule has 0 spiro atoms. The molecule has 1 aromatic carbocycles. The van der Waals surface area contributed by atoms with Gasteiger partial charge in [-0.25, -0.2) is 13.1 Å². The zero-order valence-electron chi connectivity index (χ0n) is 16.4. The fraction of sp³-hybridized carbons (Fsp3) is 0.588. The summed E-state index contributed by atoms with van der Waals surface area (Å²) in [6.45, 7) is 4.60. The molecule has 1 rings (SSSR count). The highest BCUT2D eigenvalue weighted by Crippen LogP contribution is 2.20. The van der Waals surface area contributed by atoms with Gasteiger partial charge in [0.2, 0.25) is 10.0 Å². The summed E-state index contributed by atoms with van der Waals surface area (Å²) >= 11 is 0. The van der Waals surface area contributed by atoms with Gasteiger partial charge in [0, 0.05) is 39.4 Å². The van der Waals surface area contributed by atoms with Crippen molar-refractivity contribution < 1.29 is 17.9 Å². The van der Waals surface area contributed by atoms with Crippen molar-refractivity contribution in [2.75, 3.05) is 46.7 Å². The van der Waals surface area contributed by atoms with Crippen LogP contribution in [0, 0.1) is 6.92 Å². The van der Waals surface area contributed by atoms with Crippen molar-refractivity contribution in [2.45, 2.75) is 19.9 Å². The van der Waals surface area contributed by atoms with E-state index in [4.69, 9.17) is 9.47 Å². The van der Waals surface area contributed by atoms with Gasteiger partial charge in [0.25, 0.3) is 0 Å². The molecule has 0 aliphatic carbocycles. The van der Waals surface area contributed by atoms with Crippen LogP contribution < -0.4 is 20.1 Å². The Kier molecular flexibility index (Phi) is 13.4. The molecule has 0 aromatic heterocycles. The highest BCUT2D eigenvalue weighted by molar-refractivity contribution is 14.0. The lowest BCUT2D eigenvalue weighted by molar-refractivity contribution is 0.145. The molecule has 0 saturated heterocycles. The number of hydrogen-bond donors (Lipinski definition) is 3. The van der Waals surface area contributed by atoms with E-state index >= 15 is 0 Å². The first-order chi connectivity index (χ1) is 12.4. The van der Waals surface area contributed by atoms with Crippen molar-refractivity contribution in [1.82, 2.24) is 15.4 Å². The van der Waals surface area contributed by atoms with Crippen LogP contribution in [0.3, 0.4) is 0 Å². The SMILES string of the molecule is CN=C(NCCCNS(C)(=O)=O)NCc1ccc(C)cc1OCCOC.I. The van der Waals surface area contributed by atoms with Gasteiger partial charge in [0.05, 0.1) is 12.9 Å². The summed E-state index contributed by atoms with van der Waals surface area (Å²) in [5.74, 6) is 1.47. The lowest BCUT2D eigenvalue weighted by Crippen LogP contribution is -2.38. The van der Waals surface area contributed by atoms with Gasteiger partial charge in [0.15, 0.2) is 5.96 Å². The number of aryl methyl sites for hydroxylation is 1. The molecule has 0 fully saturated rings. The zero-order chi connectivity index (χ0) is 19.4. The van der Waals surface area contributed by atoms with E-state index in [1.807, 2.05) is 25.1 Å². The maximum atomic E-state index is 11.0. The zero-order valence-corrected chi connectivity index (χ0v) is 19.5. The second-order valence-electron chi connectivity index (χ2n) is 5.83. The van der Waals surface area contributed by atoms with Crippen LogP contribution in [0.4, 0.5) is 0 Å². The molecule has 3 N–H and O–H groups in total. The summed E-state index contributed by atoms with van der Waals surface area (Å²) in [4.78, 5) is 4.17. The lowest BCUT2D eigenvalue weighted by Gasteiger charge is -2.15. The number of methoxy groups -OCH3 is 1. The van der Waals surface area contributed by atoms with E-state index in [1.54, 1.807) is 14.2 Å². The minimum atomic E-state index is -3.14. The van der Waals surface area contributed by atoms with Crippen molar-refractivity contribution in [1.29, 1.82) is 0 Å². The van der Waals surface area contributed by atoms with Gasteiger partial charge >= 0.3 is 0 Å². The Labute approximate surface area is 179 Å². The molecule has 0 atom stereocenters. The van der Waals surface area contributed by atoms with E-state index < -0.39 is 10.0 Å². The third-order valence-corrected chi connectivity index (χ3v) is 4.18. The minimum Gasteiger partial charge on any atom is -0.491 e. The number of nitrogens with zero attached hydrogens (tertiary/aromatic N) is 1. The number of sulfonamides is 1. The summed E-state index contributed by atoms with van der Waals surface area (Å²) in [5.41, 5.74) is 2.15. The van der Waals surface area contributed by atoms with Crippen LogP contribution in [0.5, 0.6) is 5.75 Å². The van der Waals surface area contributed by atoms with Crippen LogP contribution in [0.2, 0.25) is 0 Å². The molecule has 0 amide bonds. The van der Waals surface area contributed by atoms with Gasteiger partial charge in [-0.05, 0) is 25.0 Å². The van der Waals surface area contributed by atoms with E-state index in [0.29, 0.717) is 45.2 Å². The number of ether oxygens (including phenoxy) is 2. The number of benzene rings is 1. The summed E-state index contributed by atoms with van der Waals surface area (Å²) < 4.78 is 35.3. The third-order valence-electron chi connectivity index (χ3n) is 3.45. The number of nitrogens with one attached hydrogen (secondary N) is 3. The fourth-order valence-electron chi connectivity index (χ4n) is 2.13. The average molecular weight is 514 g/mol. The van der Waals surface area contributed by atoms with Gasteiger partial charge in [-0.2, -0.15) is 0 Å². The molecule has 0 heterocycles. The van der Waals surface area contributed by atoms with Crippen LogP contribution in [-0.2, 0) is 21.3 Å². The molecule has 1 aromatic rings. The molecule has 8 nitrogen and oxygen atoms in total. The smallest absolute Gasteiger partial charge is 0.208 e. The van der Waals surface area contributed by atoms with Gasteiger partial charge in [-0.15, -0.1) is 24.0 Å². The third kappa shape index (κ3) is 12.1. The normalized spacial score (nSPS) is 11.6. The highest BCUT2D eigenvalue weighted by atomic mass is 127. The topological polar surface area (TPSA) is 101 Å². The van der Waals surface area contributed by atoms with Crippen molar-refractivity contribution in [3.63, 3.8) is 0 Å². The Morgan fingerprint density at radius 2 is 1.93 bits per heavy atom. The molecule has 0 aliphatic heterocycles. The van der Waals surface area contributed by atoms with Crippen molar-refractivity contribution in [2.24, 2.45) is 4.99 Å². The van der Waals surface area contributed by atoms with E-state index in [-0.39, 0.29) is 24.0 Å². The van der Waals surface area contributed by atoms with Gasteiger partial charge < -0.3 is 20.1 Å². The van der Waals surface area contributed by atoms with Gasteiger partial charge in [0.1, 0.15) is 12.4 Å². The summed E-state index contributed by atoms with van der Waals surface area (Å²) in [6.07, 6.45) is 1.80. The molecule has 27 heavy (non-hydrogen) atoms. The van der Waals surface area contributed by atoms with Crippen LogP contribution in [-0.4, -0.2) is 61.1 Å². The Morgan fingerprint density at radius 3 is 2.56 bits per heavy atom. The van der Waals surface area contributed by atoms with Gasteiger partial charge in [-0.3, -0.25) is 4.99 Å². The number of halogens is 1. The first kappa shape index (κ1) is 25.9. The number of rotatable bonds is 11. The maximum absolute atomic E-state index is 11.0. The first-order valence-corrected chi connectivity index (χ1v) is 10.3. The van der Waals surface area contributed by atoms with Crippen LogP contribution >= 0.6 is 24.0 Å². The van der Waals surface area contributed by atoms with Crippen LogP contribution in [0.1, 0.15) is 17.5 Å². The molecule has 156 valence electrons. The van der Waals surface area contributed by atoms with Gasteiger partial charge in [-0.1, -0.05) is 12.1 Å². The molecule has 0 radical (unpaired) electrons. The van der Waals surface area contributed by atoms with E-state index in [2.05, 4.69) is 20.3 Å². The molecule has 0 bridgehead atoms. The molecule has 10 heteroatoms. The van der Waals surface area contributed by atoms with E-state index in [1.165, 1.54) is 0 Å². The summed E-state index contributed by atoms with van der Waals surface area (Å²) in [5, 5.41) is 6.38. The van der Waals surface area contributed by atoms with Crippen molar-refractivity contribution in [3.05, 3.63) is 29.3 Å². The first-order valence-electron chi connectivity index (χ1n) is 8.46. The average Bonchev–Trinajstić information content (AvgIpc) is 2.58. The highest BCUT2D eigenvalue weighted by Gasteiger charge is 2.06. The Morgan fingerprint density at radius 1 is 1.19 bits per heavy atom. The fourth-order valence-corrected chi connectivity index (χ4v) is 2.64. The second kappa shape index (κ2) is 14.0. The molecular weight excluding hydrogens is 483 g/mol. The number of aliphatic imine (C=N–C) groups is 1. The minimum absolute atomic E-state index is 0. The Balaban J connectivity index is 0.00000676. The van der Waals surface area contributed by atoms with Crippen molar-refractivity contribution in [3.8, 4) is 5.75 Å². The van der Waals surface area contributed by atoms with E-state index in [0.717, 1.165) is 23.1 Å². The maximum Gasteiger partial charge on any atom is 0.208 e. The molecule has 0 aliphatic rings. The number of guanidine groups is 1. The Bertz CT molecular complexity index is 684. The molecule has 0 unspecified atom stereocenters. The summed E-state index contributed by atoms with van der Waals surface area (Å²) in [7, 11) is 0.191. The lowest BCUT2D eigenvalue weighted by atomic mass is 10.1. The molecule has 0 saturated carbocycles. The predicted molar refractivity (Wildman–Crippen MR) is 120 cm³/mol. The van der Waals surface area contributed by atoms with E-state index in [9.17, 15) is 8.42 Å². The largest absolute Gasteiger partial charge is 0.491 e. The Hall–Kier alpha value is -1.11. The summed E-state index contributed by atoms with van der Waals surface area (Å²) in [6, 6.07) is 6.06.